The lowest BCUT2D eigenvalue weighted by molar-refractivity contribution is -0.119. The van der Waals surface area contributed by atoms with Gasteiger partial charge in [-0.1, -0.05) is 66.7 Å². The van der Waals surface area contributed by atoms with Crippen molar-refractivity contribution in [3.63, 3.8) is 0 Å². The lowest BCUT2D eigenvalue weighted by Crippen LogP contribution is -2.31. The van der Waals surface area contributed by atoms with Crippen molar-refractivity contribution >= 4 is 17.7 Å². The molecular formula is C23H22FNOS. The van der Waals surface area contributed by atoms with Gasteiger partial charge in [0.15, 0.2) is 0 Å². The Balaban J connectivity index is 1.66. The number of hydrogen-bond acceptors (Lipinski definition) is 2. The standard InChI is InChI=1S/C23H22FNOS/c1-17-7-5-6-10-21(17)23(19-8-3-2-4-9-19)25-22(26)16-27-15-18-11-13-20(24)14-12-18/h2-14,23H,15-16H2,1H3,(H,25,26)/t23-/m1/s1. The average molecular weight is 380 g/mol. The first kappa shape index (κ1) is 19.2. The molecule has 1 N–H and O–H groups in total. The molecule has 3 aromatic rings. The third-order valence-electron chi connectivity index (χ3n) is 4.35. The topological polar surface area (TPSA) is 29.1 Å². The van der Waals surface area contributed by atoms with Crippen LogP contribution < -0.4 is 5.32 Å². The number of amides is 1. The molecule has 0 fully saturated rings. The van der Waals surface area contributed by atoms with E-state index >= 15 is 0 Å². The summed E-state index contributed by atoms with van der Waals surface area (Å²) >= 11 is 1.52. The van der Waals surface area contributed by atoms with Gasteiger partial charge in [0.05, 0.1) is 11.8 Å². The summed E-state index contributed by atoms with van der Waals surface area (Å²) < 4.78 is 13.0. The predicted octanol–water partition coefficient (Wildman–Crippen LogP) is 5.27. The number of halogens is 1. The van der Waals surface area contributed by atoms with Crippen molar-refractivity contribution in [3.8, 4) is 0 Å². The number of aryl methyl sites for hydroxylation is 1. The van der Waals surface area contributed by atoms with E-state index < -0.39 is 0 Å². The van der Waals surface area contributed by atoms with Gasteiger partial charge in [-0.15, -0.1) is 11.8 Å². The molecule has 3 aromatic carbocycles. The zero-order valence-electron chi connectivity index (χ0n) is 15.2. The number of benzene rings is 3. The highest BCUT2D eigenvalue weighted by Crippen LogP contribution is 2.25. The van der Waals surface area contributed by atoms with Crippen molar-refractivity contribution in [2.24, 2.45) is 0 Å². The number of carbonyl (C=O) groups is 1. The van der Waals surface area contributed by atoms with Crippen molar-refractivity contribution in [1.29, 1.82) is 0 Å². The fourth-order valence-electron chi connectivity index (χ4n) is 2.94. The molecular weight excluding hydrogens is 357 g/mol. The molecule has 0 unspecified atom stereocenters. The minimum absolute atomic E-state index is 0.0146. The molecule has 3 rings (SSSR count). The van der Waals surface area contributed by atoms with E-state index in [-0.39, 0.29) is 17.8 Å². The lowest BCUT2D eigenvalue weighted by Gasteiger charge is -2.21. The first-order valence-corrected chi connectivity index (χ1v) is 10.0. The summed E-state index contributed by atoms with van der Waals surface area (Å²) in [4.78, 5) is 12.6. The number of nitrogens with one attached hydrogen (secondary N) is 1. The van der Waals surface area contributed by atoms with Crippen LogP contribution in [0.1, 0.15) is 28.3 Å². The quantitative estimate of drug-likeness (QED) is 0.606. The monoisotopic (exact) mass is 379 g/mol. The maximum Gasteiger partial charge on any atom is 0.230 e. The molecule has 0 saturated heterocycles. The Hall–Kier alpha value is -2.59. The van der Waals surface area contributed by atoms with Crippen LogP contribution in [-0.2, 0) is 10.5 Å². The second-order valence-electron chi connectivity index (χ2n) is 6.39. The zero-order valence-corrected chi connectivity index (χ0v) is 16.0. The molecule has 4 heteroatoms. The van der Waals surface area contributed by atoms with Gasteiger partial charge in [0.1, 0.15) is 5.82 Å². The van der Waals surface area contributed by atoms with Gasteiger partial charge in [-0.05, 0) is 41.3 Å². The Morgan fingerprint density at radius 1 is 0.963 bits per heavy atom. The summed E-state index contributed by atoms with van der Waals surface area (Å²) in [5, 5.41) is 3.17. The molecule has 138 valence electrons. The maximum absolute atomic E-state index is 13.0. The van der Waals surface area contributed by atoms with Gasteiger partial charge in [-0.25, -0.2) is 4.39 Å². The van der Waals surface area contributed by atoms with Crippen LogP contribution in [0.3, 0.4) is 0 Å². The number of rotatable bonds is 7. The van der Waals surface area contributed by atoms with E-state index in [1.54, 1.807) is 12.1 Å². The zero-order chi connectivity index (χ0) is 19.1. The Kier molecular flexibility index (Phi) is 6.66. The van der Waals surface area contributed by atoms with E-state index in [1.165, 1.54) is 23.9 Å². The largest absolute Gasteiger partial charge is 0.344 e. The third-order valence-corrected chi connectivity index (χ3v) is 5.36. The minimum Gasteiger partial charge on any atom is -0.344 e. The molecule has 2 nitrogen and oxygen atoms in total. The summed E-state index contributed by atoms with van der Waals surface area (Å²) in [6.45, 7) is 2.06. The molecule has 0 heterocycles. The van der Waals surface area contributed by atoms with E-state index in [2.05, 4.69) is 24.4 Å². The molecule has 0 aliphatic heterocycles. The fraction of sp³-hybridized carbons (Fsp3) is 0.174. The average Bonchev–Trinajstić information content (AvgIpc) is 2.69. The van der Waals surface area contributed by atoms with E-state index in [1.807, 2.05) is 42.5 Å². The first-order chi connectivity index (χ1) is 13.1. The van der Waals surface area contributed by atoms with E-state index in [0.29, 0.717) is 11.5 Å². The van der Waals surface area contributed by atoms with Gasteiger partial charge >= 0.3 is 0 Å². The molecule has 0 radical (unpaired) electrons. The first-order valence-electron chi connectivity index (χ1n) is 8.85. The number of carbonyl (C=O) groups excluding carboxylic acids is 1. The van der Waals surface area contributed by atoms with Crippen LogP contribution >= 0.6 is 11.8 Å². The molecule has 0 bridgehead atoms. The molecule has 0 spiro atoms. The van der Waals surface area contributed by atoms with Crippen molar-refractivity contribution in [1.82, 2.24) is 5.32 Å². The van der Waals surface area contributed by atoms with Crippen LogP contribution in [0.5, 0.6) is 0 Å². The molecule has 1 atom stereocenters. The molecule has 0 saturated carbocycles. The van der Waals surface area contributed by atoms with Crippen molar-refractivity contribution in [2.45, 2.75) is 18.7 Å². The lowest BCUT2D eigenvalue weighted by atomic mass is 9.95. The third kappa shape index (κ3) is 5.44. The molecule has 0 aromatic heterocycles. The van der Waals surface area contributed by atoms with Crippen molar-refractivity contribution in [2.75, 3.05) is 5.75 Å². The van der Waals surface area contributed by atoms with Crippen LogP contribution in [0.4, 0.5) is 4.39 Å². The van der Waals surface area contributed by atoms with E-state index in [9.17, 15) is 9.18 Å². The number of hydrogen-bond donors (Lipinski definition) is 1. The Morgan fingerprint density at radius 3 is 2.33 bits per heavy atom. The van der Waals surface area contributed by atoms with Gasteiger partial charge < -0.3 is 5.32 Å². The second kappa shape index (κ2) is 9.38. The summed E-state index contributed by atoms with van der Waals surface area (Å²) in [6.07, 6.45) is 0. The summed E-state index contributed by atoms with van der Waals surface area (Å²) in [6, 6.07) is 24.3. The molecule has 27 heavy (non-hydrogen) atoms. The second-order valence-corrected chi connectivity index (χ2v) is 7.37. The van der Waals surface area contributed by atoms with Crippen LogP contribution in [0.25, 0.3) is 0 Å². The van der Waals surface area contributed by atoms with Crippen LogP contribution in [0.15, 0.2) is 78.9 Å². The Bertz CT molecular complexity index is 880. The van der Waals surface area contributed by atoms with E-state index in [4.69, 9.17) is 0 Å². The van der Waals surface area contributed by atoms with Gasteiger partial charge in [0, 0.05) is 5.75 Å². The van der Waals surface area contributed by atoms with Crippen LogP contribution in [-0.4, -0.2) is 11.7 Å². The summed E-state index contributed by atoms with van der Waals surface area (Å²) in [5.41, 5.74) is 4.31. The van der Waals surface area contributed by atoms with Crippen molar-refractivity contribution in [3.05, 3.63) is 107 Å². The van der Waals surface area contributed by atoms with Gasteiger partial charge in [0.2, 0.25) is 5.91 Å². The van der Waals surface area contributed by atoms with E-state index in [0.717, 1.165) is 22.3 Å². The summed E-state index contributed by atoms with van der Waals surface area (Å²) in [5.74, 6) is 0.769. The highest BCUT2D eigenvalue weighted by atomic mass is 32.2. The van der Waals surface area contributed by atoms with Crippen LogP contribution in [0.2, 0.25) is 0 Å². The molecule has 0 aliphatic rings. The Morgan fingerprint density at radius 2 is 1.63 bits per heavy atom. The van der Waals surface area contributed by atoms with Crippen LogP contribution in [0, 0.1) is 12.7 Å². The Labute approximate surface area is 163 Å². The summed E-state index contributed by atoms with van der Waals surface area (Å²) in [7, 11) is 0. The predicted molar refractivity (Wildman–Crippen MR) is 110 cm³/mol. The minimum atomic E-state index is -0.245. The van der Waals surface area contributed by atoms with Gasteiger partial charge in [0.25, 0.3) is 0 Å². The van der Waals surface area contributed by atoms with Crippen molar-refractivity contribution < 1.29 is 9.18 Å². The fourth-order valence-corrected chi connectivity index (χ4v) is 3.74. The SMILES string of the molecule is Cc1ccccc1[C@H](NC(=O)CSCc1ccc(F)cc1)c1ccccc1. The molecule has 1 amide bonds. The normalized spacial score (nSPS) is 11.8. The van der Waals surface area contributed by atoms with Gasteiger partial charge in [-0.2, -0.15) is 0 Å². The maximum atomic E-state index is 13.0. The highest BCUT2D eigenvalue weighted by molar-refractivity contribution is 7.99. The highest BCUT2D eigenvalue weighted by Gasteiger charge is 2.18. The molecule has 0 aliphatic carbocycles. The smallest absolute Gasteiger partial charge is 0.230 e. The number of thioether (sulfide) groups is 1. The van der Waals surface area contributed by atoms with Gasteiger partial charge in [-0.3, -0.25) is 4.79 Å².